The fraction of sp³-hybridized carbons (Fsp3) is 0.308. The Hall–Kier alpha value is -1.68. The molecule has 0 aliphatic rings. The first-order valence-electron chi connectivity index (χ1n) is 5.78. The fourth-order valence-corrected chi connectivity index (χ4v) is 1.92. The minimum Gasteiger partial charge on any atom is -0.462 e. The second-order valence-corrected chi connectivity index (χ2v) is 4.13. The zero-order chi connectivity index (χ0) is 13.1. The molecule has 0 amide bonds. The van der Waals surface area contributed by atoms with Crippen molar-refractivity contribution in [1.82, 2.24) is 9.97 Å². The van der Waals surface area contributed by atoms with Crippen LogP contribution < -0.4 is 0 Å². The summed E-state index contributed by atoms with van der Waals surface area (Å²) in [6.45, 7) is 4.09. The van der Waals surface area contributed by atoms with E-state index in [1.54, 1.807) is 13.0 Å². The van der Waals surface area contributed by atoms with E-state index >= 15 is 0 Å². The summed E-state index contributed by atoms with van der Waals surface area (Å²) < 4.78 is 4.91. The monoisotopic (exact) mass is 264 g/mol. The third-order valence-corrected chi connectivity index (χ3v) is 2.91. The first-order chi connectivity index (χ1) is 8.65. The van der Waals surface area contributed by atoms with E-state index in [9.17, 15) is 4.79 Å². The molecule has 0 radical (unpaired) electrons. The average molecular weight is 265 g/mol. The van der Waals surface area contributed by atoms with Crippen LogP contribution in [0.1, 0.15) is 29.8 Å². The minimum atomic E-state index is -0.399. The van der Waals surface area contributed by atoms with Crippen molar-refractivity contribution in [3.63, 3.8) is 0 Å². The molecule has 0 aliphatic heterocycles. The van der Waals surface area contributed by atoms with Crippen LogP contribution in [-0.4, -0.2) is 22.5 Å². The van der Waals surface area contributed by atoms with Gasteiger partial charge in [0.1, 0.15) is 5.15 Å². The van der Waals surface area contributed by atoms with Crippen molar-refractivity contribution < 1.29 is 9.53 Å². The van der Waals surface area contributed by atoms with Gasteiger partial charge in [-0.2, -0.15) is 0 Å². The number of hydrogen-bond acceptors (Lipinski definition) is 4. The number of fused-ring (bicyclic) bond motifs is 1. The summed E-state index contributed by atoms with van der Waals surface area (Å²) in [7, 11) is 0. The van der Waals surface area contributed by atoms with Crippen LogP contribution in [0.4, 0.5) is 0 Å². The number of hydrogen-bond donors (Lipinski definition) is 0. The SMILES string of the molecule is CCOC(=O)c1cnc2cc(CC)c(Cl)nc2c1. The van der Waals surface area contributed by atoms with E-state index in [0.29, 0.717) is 22.8 Å². The Bertz CT molecular complexity index is 599. The summed E-state index contributed by atoms with van der Waals surface area (Å²) >= 11 is 6.04. The van der Waals surface area contributed by atoms with Gasteiger partial charge in [-0.3, -0.25) is 4.98 Å². The maximum atomic E-state index is 11.6. The molecule has 0 spiro atoms. The topological polar surface area (TPSA) is 52.1 Å². The Kier molecular flexibility index (Phi) is 3.77. The smallest absolute Gasteiger partial charge is 0.339 e. The maximum Gasteiger partial charge on any atom is 0.339 e. The van der Waals surface area contributed by atoms with Crippen molar-refractivity contribution in [3.05, 3.63) is 34.6 Å². The molecule has 0 unspecified atom stereocenters. The van der Waals surface area contributed by atoms with Gasteiger partial charge >= 0.3 is 5.97 Å². The maximum absolute atomic E-state index is 11.6. The van der Waals surface area contributed by atoms with Crippen molar-refractivity contribution in [1.29, 1.82) is 0 Å². The van der Waals surface area contributed by atoms with Gasteiger partial charge in [0.05, 0.1) is 23.2 Å². The van der Waals surface area contributed by atoms with Gasteiger partial charge in [-0.25, -0.2) is 9.78 Å². The Morgan fingerprint density at radius 3 is 2.78 bits per heavy atom. The van der Waals surface area contributed by atoms with Crippen LogP contribution >= 0.6 is 11.6 Å². The van der Waals surface area contributed by atoms with Crippen LogP contribution in [0.3, 0.4) is 0 Å². The largest absolute Gasteiger partial charge is 0.462 e. The molecular weight excluding hydrogens is 252 g/mol. The van der Waals surface area contributed by atoms with E-state index in [1.165, 1.54) is 6.20 Å². The zero-order valence-electron chi connectivity index (χ0n) is 10.2. The van der Waals surface area contributed by atoms with Crippen LogP contribution in [0.5, 0.6) is 0 Å². The molecular formula is C13H13ClN2O2. The highest BCUT2D eigenvalue weighted by atomic mass is 35.5. The molecule has 18 heavy (non-hydrogen) atoms. The zero-order valence-corrected chi connectivity index (χ0v) is 11.0. The number of esters is 1. The lowest BCUT2D eigenvalue weighted by atomic mass is 10.2. The average Bonchev–Trinajstić information content (AvgIpc) is 2.37. The third kappa shape index (κ3) is 2.43. The van der Waals surface area contributed by atoms with Crippen molar-refractivity contribution in [3.8, 4) is 0 Å². The molecule has 0 bridgehead atoms. The predicted octanol–water partition coefficient (Wildman–Crippen LogP) is 3.02. The lowest BCUT2D eigenvalue weighted by molar-refractivity contribution is 0.0526. The van der Waals surface area contributed by atoms with Crippen LogP contribution in [0.2, 0.25) is 5.15 Å². The van der Waals surface area contributed by atoms with Crippen LogP contribution in [0.25, 0.3) is 11.0 Å². The molecule has 2 rings (SSSR count). The van der Waals surface area contributed by atoms with Gasteiger partial charge in [-0.1, -0.05) is 18.5 Å². The van der Waals surface area contributed by atoms with Gasteiger partial charge in [-0.05, 0) is 31.0 Å². The van der Waals surface area contributed by atoms with E-state index in [2.05, 4.69) is 9.97 Å². The van der Waals surface area contributed by atoms with E-state index in [0.717, 1.165) is 17.5 Å². The second kappa shape index (κ2) is 5.31. The number of nitrogens with zero attached hydrogens (tertiary/aromatic N) is 2. The number of halogens is 1. The fourth-order valence-electron chi connectivity index (χ4n) is 1.64. The highest BCUT2D eigenvalue weighted by Crippen LogP contribution is 2.20. The molecule has 5 heteroatoms. The molecule has 0 N–H and O–H groups in total. The van der Waals surface area contributed by atoms with Crippen LogP contribution in [0.15, 0.2) is 18.3 Å². The first kappa shape index (κ1) is 12.8. The summed E-state index contributed by atoms with van der Waals surface area (Å²) in [5.74, 6) is -0.399. The van der Waals surface area contributed by atoms with Crippen molar-refractivity contribution in [2.45, 2.75) is 20.3 Å². The predicted molar refractivity (Wildman–Crippen MR) is 69.9 cm³/mol. The Balaban J connectivity index is 2.49. The van der Waals surface area contributed by atoms with Gasteiger partial charge < -0.3 is 4.74 Å². The number of aryl methyl sites for hydroxylation is 1. The number of carbonyl (C=O) groups is 1. The molecule has 0 saturated carbocycles. The Labute approximate surface area is 110 Å². The van der Waals surface area contributed by atoms with Crippen molar-refractivity contribution in [2.75, 3.05) is 6.61 Å². The summed E-state index contributed by atoms with van der Waals surface area (Å²) in [5, 5.41) is 0.452. The van der Waals surface area contributed by atoms with Gasteiger partial charge in [0, 0.05) is 6.20 Å². The van der Waals surface area contributed by atoms with Crippen molar-refractivity contribution >= 4 is 28.6 Å². The van der Waals surface area contributed by atoms with Gasteiger partial charge in [0.2, 0.25) is 0 Å². The molecule has 0 saturated heterocycles. The van der Waals surface area contributed by atoms with Crippen LogP contribution in [-0.2, 0) is 11.2 Å². The van der Waals surface area contributed by atoms with Gasteiger partial charge in [-0.15, -0.1) is 0 Å². The Morgan fingerprint density at radius 2 is 2.11 bits per heavy atom. The lowest BCUT2D eigenvalue weighted by Gasteiger charge is -2.05. The molecule has 0 aromatic carbocycles. The van der Waals surface area contributed by atoms with E-state index in [1.807, 2.05) is 13.0 Å². The first-order valence-corrected chi connectivity index (χ1v) is 6.15. The number of aromatic nitrogens is 2. The van der Waals surface area contributed by atoms with E-state index in [4.69, 9.17) is 16.3 Å². The minimum absolute atomic E-state index is 0.333. The molecule has 2 heterocycles. The molecule has 0 fully saturated rings. The standard InChI is InChI=1S/C13H13ClN2O2/c1-3-8-5-10-11(16-12(8)14)6-9(7-15-10)13(17)18-4-2/h5-7H,3-4H2,1-2H3. The number of ether oxygens (including phenoxy) is 1. The van der Waals surface area contributed by atoms with Gasteiger partial charge in [0.25, 0.3) is 0 Å². The van der Waals surface area contributed by atoms with Crippen LogP contribution in [0, 0.1) is 0 Å². The van der Waals surface area contributed by atoms with E-state index in [-0.39, 0.29) is 0 Å². The highest BCUT2D eigenvalue weighted by Gasteiger charge is 2.10. The molecule has 4 nitrogen and oxygen atoms in total. The normalized spacial score (nSPS) is 10.6. The third-order valence-electron chi connectivity index (χ3n) is 2.58. The quantitative estimate of drug-likeness (QED) is 0.632. The number of rotatable bonds is 3. The number of carbonyl (C=O) groups excluding carboxylic acids is 1. The molecule has 0 atom stereocenters. The number of pyridine rings is 2. The molecule has 94 valence electrons. The second-order valence-electron chi connectivity index (χ2n) is 3.77. The summed E-state index contributed by atoms with van der Waals surface area (Å²) in [6.07, 6.45) is 2.29. The van der Waals surface area contributed by atoms with Crippen molar-refractivity contribution in [2.24, 2.45) is 0 Å². The van der Waals surface area contributed by atoms with Gasteiger partial charge in [0.15, 0.2) is 0 Å². The summed E-state index contributed by atoms with van der Waals surface area (Å²) in [6, 6.07) is 3.53. The van der Waals surface area contributed by atoms with E-state index < -0.39 is 5.97 Å². The lowest BCUT2D eigenvalue weighted by Crippen LogP contribution is -2.05. The Morgan fingerprint density at radius 1 is 1.33 bits per heavy atom. The molecule has 0 aliphatic carbocycles. The summed E-state index contributed by atoms with van der Waals surface area (Å²) in [5.41, 5.74) is 2.66. The summed E-state index contributed by atoms with van der Waals surface area (Å²) in [4.78, 5) is 20.0. The molecule has 2 aromatic heterocycles. The molecule has 2 aromatic rings. The highest BCUT2D eigenvalue weighted by molar-refractivity contribution is 6.30.